The van der Waals surface area contributed by atoms with Gasteiger partial charge < -0.3 is 14.4 Å². The van der Waals surface area contributed by atoms with Crippen molar-refractivity contribution in [1.82, 2.24) is 0 Å². The Bertz CT molecular complexity index is 1050. The van der Waals surface area contributed by atoms with E-state index in [0.717, 1.165) is 28.5 Å². The molecule has 1 aliphatic rings. The second kappa shape index (κ2) is 8.01. The number of hydrogen-bond donors (Lipinski definition) is 0. The van der Waals surface area contributed by atoms with Gasteiger partial charge in [0, 0.05) is 22.9 Å². The van der Waals surface area contributed by atoms with Crippen molar-refractivity contribution in [2.75, 3.05) is 18.6 Å². The average molecular weight is 395 g/mol. The number of fused-ring (bicyclic) bond motifs is 1. The van der Waals surface area contributed by atoms with Gasteiger partial charge in [0.1, 0.15) is 24.0 Å². The minimum absolute atomic E-state index is 0.0535. The lowest BCUT2D eigenvalue weighted by molar-refractivity contribution is -0.123. The first-order valence-electron chi connectivity index (χ1n) is 9.14. The van der Waals surface area contributed by atoms with Crippen molar-refractivity contribution in [2.45, 2.75) is 13.2 Å². The third-order valence-corrected chi connectivity index (χ3v) is 4.84. The van der Waals surface area contributed by atoms with Crippen LogP contribution in [0.25, 0.3) is 11.1 Å². The van der Waals surface area contributed by atoms with Crippen molar-refractivity contribution in [2.24, 2.45) is 0 Å². The third kappa shape index (κ3) is 3.98. The molecule has 0 saturated heterocycles. The Balaban J connectivity index is 1.73. The predicted molar refractivity (Wildman–Crippen MR) is 106 cm³/mol. The van der Waals surface area contributed by atoms with Crippen LogP contribution in [0.4, 0.5) is 14.5 Å². The molecule has 0 spiro atoms. The van der Waals surface area contributed by atoms with E-state index in [0.29, 0.717) is 11.3 Å². The summed E-state index contributed by atoms with van der Waals surface area (Å²) in [5, 5.41) is 0. The monoisotopic (exact) mass is 395 g/mol. The Morgan fingerprint density at radius 2 is 1.76 bits per heavy atom. The van der Waals surface area contributed by atoms with Crippen molar-refractivity contribution < 1.29 is 23.0 Å². The quantitative estimate of drug-likeness (QED) is 0.643. The highest BCUT2D eigenvalue weighted by Gasteiger charge is 2.24. The van der Waals surface area contributed by atoms with Crippen LogP contribution < -0.4 is 9.64 Å². The summed E-state index contributed by atoms with van der Waals surface area (Å²) in [6.07, 6.45) is 0. The van der Waals surface area contributed by atoms with Gasteiger partial charge in [-0.05, 0) is 41.5 Å². The molecule has 3 aromatic rings. The number of nitrogens with zero attached hydrogens (tertiary/aromatic N) is 1. The Hall–Kier alpha value is -3.25. The lowest BCUT2D eigenvalue weighted by Gasteiger charge is -2.23. The van der Waals surface area contributed by atoms with Gasteiger partial charge in [-0.25, -0.2) is 8.78 Å². The maximum absolute atomic E-state index is 13.6. The Labute approximate surface area is 167 Å². The van der Waals surface area contributed by atoms with E-state index in [1.165, 1.54) is 17.0 Å². The van der Waals surface area contributed by atoms with Crippen LogP contribution in [-0.2, 0) is 22.7 Å². The number of methoxy groups -OCH3 is 1. The molecule has 0 aliphatic carbocycles. The van der Waals surface area contributed by atoms with E-state index in [2.05, 4.69) is 0 Å². The predicted octanol–water partition coefficient (Wildman–Crippen LogP) is 4.70. The molecule has 1 aliphatic heterocycles. The van der Waals surface area contributed by atoms with Gasteiger partial charge in [0.15, 0.2) is 0 Å². The summed E-state index contributed by atoms with van der Waals surface area (Å²) in [4.78, 5) is 14.1. The zero-order chi connectivity index (χ0) is 20.4. The van der Waals surface area contributed by atoms with Gasteiger partial charge in [0.05, 0.1) is 20.3 Å². The molecule has 0 radical (unpaired) electrons. The van der Waals surface area contributed by atoms with E-state index < -0.39 is 11.6 Å². The van der Waals surface area contributed by atoms with Gasteiger partial charge in [-0.1, -0.05) is 24.3 Å². The Morgan fingerprint density at radius 1 is 1.00 bits per heavy atom. The summed E-state index contributed by atoms with van der Waals surface area (Å²) >= 11 is 0. The molecule has 3 aromatic carbocycles. The molecule has 1 heterocycles. The van der Waals surface area contributed by atoms with Crippen LogP contribution in [-0.4, -0.2) is 19.6 Å². The molecule has 6 heteroatoms. The smallest absolute Gasteiger partial charge is 0.253 e. The fourth-order valence-corrected chi connectivity index (χ4v) is 3.53. The Morgan fingerprint density at radius 3 is 2.52 bits per heavy atom. The molecule has 0 saturated carbocycles. The first-order valence-corrected chi connectivity index (χ1v) is 9.14. The summed E-state index contributed by atoms with van der Waals surface area (Å²) in [5.41, 5.74) is 3.70. The number of benzene rings is 3. The van der Waals surface area contributed by atoms with Crippen LogP contribution in [0.5, 0.6) is 5.75 Å². The first-order chi connectivity index (χ1) is 14.0. The van der Waals surface area contributed by atoms with Crippen molar-refractivity contribution >= 4 is 11.6 Å². The van der Waals surface area contributed by atoms with Crippen molar-refractivity contribution in [3.8, 4) is 16.9 Å². The molecule has 0 bridgehead atoms. The van der Waals surface area contributed by atoms with E-state index in [4.69, 9.17) is 9.47 Å². The van der Waals surface area contributed by atoms with E-state index in [1.54, 1.807) is 7.11 Å². The number of halogens is 2. The highest BCUT2D eigenvalue weighted by Crippen LogP contribution is 2.35. The second-order valence-electron chi connectivity index (χ2n) is 6.79. The third-order valence-electron chi connectivity index (χ3n) is 4.84. The lowest BCUT2D eigenvalue weighted by atomic mass is 10.0. The van der Waals surface area contributed by atoms with Crippen LogP contribution in [0.1, 0.15) is 11.1 Å². The molecule has 0 unspecified atom stereocenters. The van der Waals surface area contributed by atoms with Crippen LogP contribution in [0.2, 0.25) is 0 Å². The topological polar surface area (TPSA) is 38.8 Å². The molecule has 1 amide bonds. The van der Waals surface area contributed by atoms with E-state index in [9.17, 15) is 13.6 Å². The van der Waals surface area contributed by atoms with Gasteiger partial charge >= 0.3 is 0 Å². The van der Waals surface area contributed by atoms with Crippen molar-refractivity contribution in [1.29, 1.82) is 0 Å². The summed E-state index contributed by atoms with van der Waals surface area (Å²) in [7, 11) is 1.61. The fourth-order valence-electron chi connectivity index (χ4n) is 3.53. The van der Waals surface area contributed by atoms with E-state index >= 15 is 0 Å². The van der Waals surface area contributed by atoms with Gasteiger partial charge in [0.2, 0.25) is 0 Å². The van der Waals surface area contributed by atoms with Gasteiger partial charge in [-0.3, -0.25) is 4.79 Å². The summed E-state index contributed by atoms with van der Waals surface area (Å²) in [5.74, 6) is -0.876. The number of para-hydroxylation sites is 1. The number of amides is 1. The lowest BCUT2D eigenvalue weighted by Crippen LogP contribution is -2.32. The molecule has 0 fully saturated rings. The summed E-state index contributed by atoms with van der Waals surface area (Å²) in [6, 6.07) is 16.6. The summed E-state index contributed by atoms with van der Waals surface area (Å²) < 4.78 is 38.1. The highest BCUT2D eigenvalue weighted by molar-refractivity contribution is 5.96. The number of ether oxygens (including phenoxy) is 2. The second-order valence-corrected chi connectivity index (χ2v) is 6.79. The zero-order valence-corrected chi connectivity index (χ0v) is 15.8. The van der Waals surface area contributed by atoms with Gasteiger partial charge in [0.25, 0.3) is 5.91 Å². The van der Waals surface area contributed by atoms with E-state index in [1.807, 2.05) is 42.5 Å². The molecular formula is C23H19F2NO3. The maximum atomic E-state index is 13.6. The Kier molecular flexibility index (Phi) is 5.27. The minimum atomic E-state index is -0.676. The van der Waals surface area contributed by atoms with Crippen LogP contribution in [0.15, 0.2) is 60.7 Å². The van der Waals surface area contributed by atoms with Crippen LogP contribution >= 0.6 is 0 Å². The highest BCUT2D eigenvalue weighted by atomic mass is 19.1. The van der Waals surface area contributed by atoms with Gasteiger partial charge in [-0.2, -0.15) is 0 Å². The number of hydrogen-bond acceptors (Lipinski definition) is 3. The molecule has 4 nitrogen and oxygen atoms in total. The minimum Gasteiger partial charge on any atom is -0.496 e. The standard InChI is InChI=1S/C23H19F2NO3/c1-28-22-5-3-2-4-20(22)16-6-7-21-17(10-16)13-29-14-23(27)26(21)12-15-8-18(24)11-19(25)9-15/h2-11H,12-14H2,1H3. The number of carbonyl (C=O) groups is 1. The van der Waals surface area contributed by atoms with Crippen LogP contribution in [0, 0.1) is 11.6 Å². The molecule has 29 heavy (non-hydrogen) atoms. The number of anilines is 1. The molecule has 0 N–H and O–H groups in total. The normalized spacial score (nSPS) is 13.8. The summed E-state index contributed by atoms with van der Waals surface area (Å²) in [6.45, 7) is 0.215. The van der Waals surface area contributed by atoms with Crippen molar-refractivity contribution in [3.05, 3.63) is 83.4 Å². The van der Waals surface area contributed by atoms with Crippen LogP contribution in [0.3, 0.4) is 0 Å². The molecular weight excluding hydrogens is 376 g/mol. The zero-order valence-electron chi connectivity index (χ0n) is 15.8. The molecule has 4 rings (SSSR count). The van der Waals surface area contributed by atoms with E-state index in [-0.39, 0.29) is 25.7 Å². The first kappa shape index (κ1) is 19.1. The number of carbonyl (C=O) groups excluding carboxylic acids is 1. The number of rotatable bonds is 4. The molecule has 0 aromatic heterocycles. The fraction of sp³-hybridized carbons (Fsp3) is 0.174. The maximum Gasteiger partial charge on any atom is 0.253 e. The van der Waals surface area contributed by atoms with Crippen molar-refractivity contribution in [3.63, 3.8) is 0 Å². The van der Waals surface area contributed by atoms with Gasteiger partial charge in [-0.15, -0.1) is 0 Å². The largest absolute Gasteiger partial charge is 0.496 e. The average Bonchev–Trinajstić information content (AvgIpc) is 2.85. The molecule has 0 atom stereocenters. The SMILES string of the molecule is COc1ccccc1-c1ccc2c(c1)COCC(=O)N2Cc1cc(F)cc(F)c1. The molecule has 148 valence electrons.